The lowest BCUT2D eigenvalue weighted by atomic mass is 9.78. The molecule has 1 aliphatic heterocycles. The third kappa shape index (κ3) is 4.19. The van der Waals surface area contributed by atoms with Crippen molar-refractivity contribution in [3.8, 4) is 11.5 Å². The highest BCUT2D eigenvalue weighted by Crippen LogP contribution is 2.44. The molecule has 0 amide bonds. The summed E-state index contributed by atoms with van der Waals surface area (Å²) >= 11 is 0. The molecule has 0 fully saturated rings. The molecule has 0 aromatic heterocycles. The Balaban J connectivity index is 1.53. The molecule has 0 radical (unpaired) electrons. The minimum atomic E-state index is -0.226. The van der Waals surface area contributed by atoms with E-state index in [-0.39, 0.29) is 17.7 Å². The van der Waals surface area contributed by atoms with Crippen molar-refractivity contribution < 1.29 is 14.3 Å². The molecule has 5 rings (SSSR count). The van der Waals surface area contributed by atoms with Crippen LogP contribution in [0.4, 0.5) is 11.4 Å². The Morgan fingerprint density at radius 2 is 1.52 bits per heavy atom. The number of allylic oxidation sites excluding steroid dienone is 1. The number of carbonyl (C=O) groups excluding carboxylic acids is 1. The minimum absolute atomic E-state index is 0.126. The van der Waals surface area contributed by atoms with E-state index in [0.717, 1.165) is 51.7 Å². The summed E-state index contributed by atoms with van der Waals surface area (Å²) in [5.74, 6) is 1.95. The SMILES string of the molecule is CCOc1ccc(C2CC(=O)C3=C(C2)Nc2ccccc2NC3c2ccc(OC)cc2)cc1. The Bertz CT molecular complexity index is 1180. The number of para-hydroxylation sites is 2. The molecule has 1 heterocycles. The summed E-state index contributed by atoms with van der Waals surface area (Å²) in [5.41, 5.74) is 5.97. The van der Waals surface area contributed by atoms with Gasteiger partial charge in [0.2, 0.25) is 0 Å². The fraction of sp³-hybridized carbons (Fsp3) is 0.250. The molecule has 3 aromatic rings. The number of ether oxygens (including phenoxy) is 2. The summed E-state index contributed by atoms with van der Waals surface area (Å²) in [6.45, 7) is 2.62. The van der Waals surface area contributed by atoms with Gasteiger partial charge in [0.05, 0.1) is 31.1 Å². The normalized spacial score (nSPS) is 19.5. The smallest absolute Gasteiger partial charge is 0.163 e. The fourth-order valence-electron chi connectivity index (χ4n) is 4.78. The third-order valence-electron chi connectivity index (χ3n) is 6.42. The van der Waals surface area contributed by atoms with Crippen LogP contribution in [-0.2, 0) is 4.79 Å². The van der Waals surface area contributed by atoms with Crippen LogP contribution >= 0.6 is 0 Å². The highest BCUT2D eigenvalue weighted by molar-refractivity contribution is 6.01. The van der Waals surface area contributed by atoms with Crippen molar-refractivity contribution in [1.82, 2.24) is 0 Å². The van der Waals surface area contributed by atoms with Crippen molar-refractivity contribution in [1.29, 1.82) is 0 Å². The summed E-state index contributed by atoms with van der Waals surface area (Å²) in [6, 6.07) is 24.0. The monoisotopic (exact) mass is 440 g/mol. The number of methoxy groups -OCH3 is 1. The maximum Gasteiger partial charge on any atom is 0.163 e. The van der Waals surface area contributed by atoms with Gasteiger partial charge in [-0.05, 0) is 66.8 Å². The molecule has 168 valence electrons. The Labute approximate surface area is 194 Å². The van der Waals surface area contributed by atoms with Gasteiger partial charge in [0.1, 0.15) is 11.5 Å². The molecule has 2 unspecified atom stereocenters. The Morgan fingerprint density at radius 1 is 0.848 bits per heavy atom. The van der Waals surface area contributed by atoms with Crippen molar-refractivity contribution in [2.45, 2.75) is 31.7 Å². The first kappa shape index (κ1) is 21.1. The maximum absolute atomic E-state index is 13.6. The van der Waals surface area contributed by atoms with Crippen molar-refractivity contribution in [3.05, 3.63) is 95.2 Å². The first-order valence-corrected chi connectivity index (χ1v) is 11.4. The van der Waals surface area contributed by atoms with Gasteiger partial charge in [0, 0.05) is 17.7 Å². The largest absolute Gasteiger partial charge is 0.497 e. The van der Waals surface area contributed by atoms with Gasteiger partial charge in [-0.1, -0.05) is 36.4 Å². The molecule has 33 heavy (non-hydrogen) atoms. The highest BCUT2D eigenvalue weighted by atomic mass is 16.5. The number of hydrogen-bond donors (Lipinski definition) is 2. The fourth-order valence-corrected chi connectivity index (χ4v) is 4.78. The zero-order valence-electron chi connectivity index (χ0n) is 18.9. The van der Waals surface area contributed by atoms with Gasteiger partial charge >= 0.3 is 0 Å². The summed E-state index contributed by atoms with van der Waals surface area (Å²) in [4.78, 5) is 13.6. The van der Waals surface area contributed by atoms with E-state index in [9.17, 15) is 4.79 Å². The first-order chi connectivity index (χ1) is 16.2. The van der Waals surface area contributed by atoms with Gasteiger partial charge < -0.3 is 20.1 Å². The van der Waals surface area contributed by atoms with Crippen LogP contribution in [0.3, 0.4) is 0 Å². The molecular weight excluding hydrogens is 412 g/mol. The number of nitrogens with one attached hydrogen (secondary N) is 2. The lowest BCUT2D eigenvalue weighted by molar-refractivity contribution is -0.116. The van der Waals surface area contributed by atoms with E-state index < -0.39 is 0 Å². The van der Waals surface area contributed by atoms with Crippen LogP contribution < -0.4 is 20.1 Å². The van der Waals surface area contributed by atoms with Gasteiger partial charge in [-0.25, -0.2) is 0 Å². The van der Waals surface area contributed by atoms with Crippen LogP contribution in [0.1, 0.15) is 42.9 Å². The molecule has 5 nitrogen and oxygen atoms in total. The van der Waals surface area contributed by atoms with Crippen molar-refractivity contribution in [2.75, 3.05) is 24.4 Å². The molecule has 0 bridgehead atoms. The van der Waals surface area contributed by atoms with Crippen LogP contribution in [0.25, 0.3) is 0 Å². The molecular formula is C28H28N2O3. The summed E-state index contributed by atoms with van der Waals surface area (Å²) in [7, 11) is 1.66. The number of Topliss-reactive ketones (excluding diaryl/α,β-unsaturated/α-hetero) is 1. The lowest BCUT2D eigenvalue weighted by Crippen LogP contribution is -2.26. The minimum Gasteiger partial charge on any atom is -0.497 e. The van der Waals surface area contributed by atoms with Crippen LogP contribution in [0, 0.1) is 0 Å². The zero-order valence-corrected chi connectivity index (χ0v) is 18.9. The van der Waals surface area contributed by atoms with E-state index in [1.54, 1.807) is 7.11 Å². The molecule has 3 aromatic carbocycles. The molecule has 1 aliphatic carbocycles. The van der Waals surface area contributed by atoms with Gasteiger partial charge in [-0.15, -0.1) is 0 Å². The molecule has 2 N–H and O–H groups in total. The number of ketones is 1. The quantitative estimate of drug-likeness (QED) is 0.504. The second-order valence-corrected chi connectivity index (χ2v) is 8.44. The van der Waals surface area contributed by atoms with Crippen LogP contribution in [0.15, 0.2) is 84.1 Å². The van der Waals surface area contributed by atoms with Crippen molar-refractivity contribution in [2.24, 2.45) is 0 Å². The van der Waals surface area contributed by atoms with E-state index >= 15 is 0 Å². The molecule has 0 saturated carbocycles. The molecule has 5 heteroatoms. The van der Waals surface area contributed by atoms with E-state index in [0.29, 0.717) is 13.0 Å². The van der Waals surface area contributed by atoms with E-state index in [2.05, 4.69) is 22.8 Å². The number of carbonyl (C=O) groups is 1. The average molecular weight is 441 g/mol. The van der Waals surface area contributed by atoms with Gasteiger partial charge in [0.15, 0.2) is 5.78 Å². The second-order valence-electron chi connectivity index (χ2n) is 8.44. The zero-order chi connectivity index (χ0) is 22.8. The summed E-state index contributed by atoms with van der Waals surface area (Å²) in [5, 5.41) is 7.21. The first-order valence-electron chi connectivity index (χ1n) is 11.4. The number of fused-ring (bicyclic) bond motifs is 1. The van der Waals surface area contributed by atoms with E-state index in [1.807, 2.05) is 67.6 Å². The molecule has 0 saturated heterocycles. The molecule has 2 atom stereocenters. The van der Waals surface area contributed by atoms with Crippen LogP contribution in [-0.4, -0.2) is 19.5 Å². The average Bonchev–Trinajstić information content (AvgIpc) is 3.02. The Hall–Kier alpha value is -3.73. The number of benzene rings is 3. The summed E-state index contributed by atoms with van der Waals surface area (Å²) < 4.78 is 10.9. The second kappa shape index (κ2) is 9.02. The molecule has 0 spiro atoms. The van der Waals surface area contributed by atoms with Crippen molar-refractivity contribution in [3.63, 3.8) is 0 Å². The van der Waals surface area contributed by atoms with Gasteiger partial charge in [0.25, 0.3) is 0 Å². The van der Waals surface area contributed by atoms with E-state index in [1.165, 1.54) is 0 Å². The number of rotatable bonds is 5. The third-order valence-corrected chi connectivity index (χ3v) is 6.42. The lowest BCUT2D eigenvalue weighted by Gasteiger charge is -2.30. The predicted molar refractivity (Wildman–Crippen MR) is 131 cm³/mol. The Morgan fingerprint density at radius 3 is 2.21 bits per heavy atom. The maximum atomic E-state index is 13.6. The topological polar surface area (TPSA) is 59.6 Å². The van der Waals surface area contributed by atoms with Gasteiger partial charge in [-0.2, -0.15) is 0 Å². The van der Waals surface area contributed by atoms with Crippen LogP contribution in [0.2, 0.25) is 0 Å². The standard InChI is InChI=1S/C28H28N2O3/c1-3-33-22-14-8-18(9-15-22)20-16-25-27(26(31)17-20)28(19-10-12-21(32-2)13-11-19)30-24-7-5-4-6-23(24)29-25/h4-15,20,28-30H,3,16-17H2,1-2H3. The molecule has 2 aliphatic rings. The van der Waals surface area contributed by atoms with Gasteiger partial charge in [-0.3, -0.25) is 4.79 Å². The number of anilines is 2. The van der Waals surface area contributed by atoms with E-state index in [4.69, 9.17) is 9.47 Å². The highest BCUT2D eigenvalue weighted by Gasteiger charge is 2.36. The number of hydrogen-bond acceptors (Lipinski definition) is 5. The van der Waals surface area contributed by atoms with Crippen molar-refractivity contribution >= 4 is 17.2 Å². The predicted octanol–water partition coefficient (Wildman–Crippen LogP) is 6.07. The van der Waals surface area contributed by atoms with Crippen LogP contribution in [0.5, 0.6) is 11.5 Å². The summed E-state index contributed by atoms with van der Waals surface area (Å²) in [6.07, 6.45) is 1.26. The Kier molecular flexibility index (Phi) is 5.78.